The Hall–Kier alpha value is -0.580. The molecule has 1 aromatic heterocycles. The lowest BCUT2D eigenvalue weighted by Crippen LogP contribution is -2.45. The number of nitrogens with one attached hydrogen (secondary N) is 1. The summed E-state index contributed by atoms with van der Waals surface area (Å²) in [5.74, 6) is 0.449. The monoisotopic (exact) mass is 301 g/mol. The van der Waals surface area contributed by atoms with Gasteiger partial charge < -0.3 is 10.1 Å². The van der Waals surface area contributed by atoms with Gasteiger partial charge >= 0.3 is 0 Å². The van der Waals surface area contributed by atoms with Crippen LogP contribution in [0, 0.1) is 12.8 Å². The molecule has 1 aromatic rings. The standard InChI is InChI=1S/C15H28ClN3O/c1-7-8-17-13(14(20-6)10(2)3)9-12-11(4)18-19(5)15(12)16/h10,13-14,17H,7-9H2,1-6H3. The molecule has 0 saturated carbocycles. The van der Waals surface area contributed by atoms with Crippen molar-refractivity contribution in [2.75, 3.05) is 13.7 Å². The molecule has 0 bridgehead atoms. The van der Waals surface area contributed by atoms with E-state index in [4.69, 9.17) is 16.3 Å². The van der Waals surface area contributed by atoms with Crippen molar-refractivity contribution in [2.45, 2.75) is 52.7 Å². The maximum absolute atomic E-state index is 6.35. The molecule has 0 amide bonds. The topological polar surface area (TPSA) is 39.1 Å². The van der Waals surface area contributed by atoms with Gasteiger partial charge in [-0.15, -0.1) is 0 Å². The number of nitrogens with zero attached hydrogens (tertiary/aromatic N) is 2. The largest absolute Gasteiger partial charge is 0.380 e. The molecule has 0 spiro atoms. The quantitative estimate of drug-likeness (QED) is 0.802. The first-order valence-corrected chi connectivity index (χ1v) is 7.74. The predicted molar refractivity (Wildman–Crippen MR) is 84.4 cm³/mol. The summed E-state index contributed by atoms with van der Waals surface area (Å²) in [7, 11) is 3.66. The van der Waals surface area contributed by atoms with Crippen molar-refractivity contribution in [1.29, 1.82) is 0 Å². The van der Waals surface area contributed by atoms with Crippen LogP contribution in [0.5, 0.6) is 0 Å². The Labute approximate surface area is 127 Å². The molecule has 1 N–H and O–H groups in total. The molecule has 1 rings (SSSR count). The van der Waals surface area contributed by atoms with Gasteiger partial charge in [-0.25, -0.2) is 0 Å². The SMILES string of the molecule is CCCNC(Cc1c(C)nn(C)c1Cl)C(OC)C(C)C. The van der Waals surface area contributed by atoms with Crippen LogP contribution in [0.3, 0.4) is 0 Å². The summed E-state index contributed by atoms with van der Waals surface area (Å²) in [6.45, 7) is 9.53. The Balaban J connectivity index is 2.93. The maximum Gasteiger partial charge on any atom is 0.130 e. The van der Waals surface area contributed by atoms with E-state index >= 15 is 0 Å². The fourth-order valence-electron chi connectivity index (χ4n) is 2.66. The summed E-state index contributed by atoms with van der Waals surface area (Å²) < 4.78 is 7.43. The Morgan fingerprint density at radius 1 is 1.40 bits per heavy atom. The second-order valence-corrected chi connectivity index (χ2v) is 6.05. The zero-order valence-electron chi connectivity index (χ0n) is 13.5. The lowest BCUT2D eigenvalue weighted by molar-refractivity contribution is 0.0332. The average Bonchev–Trinajstić information content (AvgIpc) is 2.62. The number of rotatable bonds is 8. The summed E-state index contributed by atoms with van der Waals surface area (Å²) in [5, 5.41) is 8.71. The Bertz CT molecular complexity index is 417. The molecular weight excluding hydrogens is 274 g/mol. The number of aromatic nitrogens is 2. The zero-order valence-corrected chi connectivity index (χ0v) is 14.3. The second-order valence-electron chi connectivity index (χ2n) is 5.69. The van der Waals surface area contributed by atoms with Crippen LogP contribution >= 0.6 is 11.6 Å². The molecule has 0 aliphatic rings. The highest BCUT2D eigenvalue weighted by Crippen LogP contribution is 2.23. The molecule has 2 atom stereocenters. The minimum Gasteiger partial charge on any atom is -0.380 e. The number of halogens is 1. The van der Waals surface area contributed by atoms with Crippen molar-refractivity contribution in [3.8, 4) is 0 Å². The van der Waals surface area contributed by atoms with Gasteiger partial charge in [-0.3, -0.25) is 4.68 Å². The zero-order chi connectivity index (χ0) is 15.3. The van der Waals surface area contributed by atoms with Crippen LogP contribution in [0.2, 0.25) is 5.15 Å². The summed E-state index contributed by atoms with van der Waals surface area (Å²) in [6.07, 6.45) is 2.11. The van der Waals surface area contributed by atoms with Gasteiger partial charge in [-0.1, -0.05) is 32.4 Å². The minimum absolute atomic E-state index is 0.164. The van der Waals surface area contributed by atoms with Crippen molar-refractivity contribution in [3.63, 3.8) is 0 Å². The van der Waals surface area contributed by atoms with Crippen LogP contribution in [0.25, 0.3) is 0 Å². The van der Waals surface area contributed by atoms with Crippen LogP contribution in [-0.4, -0.2) is 35.6 Å². The third kappa shape index (κ3) is 4.21. The second kappa shape index (κ2) is 8.01. The van der Waals surface area contributed by atoms with Gasteiger partial charge in [0.1, 0.15) is 5.15 Å². The van der Waals surface area contributed by atoms with Crippen LogP contribution in [0.1, 0.15) is 38.4 Å². The molecule has 2 unspecified atom stereocenters. The van der Waals surface area contributed by atoms with Crippen LogP contribution in [0.15, 0.2) is 0 Å². The van der Waals surface area contributed by atoms with Gasteiger partial charge in [-0.2, -0.15) is 5.10 Å². The van der Waals surface area contributed by atoms with Crippen LogP contribution in [0.4, 0.5) is 0 Å². The van der Waals surface area contributed by atoms with Crippen LogP contribution in [-0.2, 0) is 18.2 Å². The Morgan fingerprint density at radius 2 is 2.05 bits per heavy atom. The highest BCUT2D eigenvalue weighted by atomic mass is 35.5. The maximum atomic E-state index is 6.35. The van der Waals surface area contributed by atoms with E-state index < -0.39 is 0 Å². The molecule has 0 aliphatic heterocycles. The first kappa shape index (κ1) is 17.5. The van der Waals surface area contributed by atoms with Gasteiger partial charge in [0.25, 0.3) is 0 Å². The molecule has 0 radical (unpaired) electrons. The number of methoxy groups -OCH3 is 1. The Morgan fingerprint density at radius 3 is 2.45 bits per heavy atom. The van der Waals surface area contributed by atoms with Gasteiger partial charge in [0, 0.05) is 25.8 Å². The summed E-state index contributed by atoms with van der Waals surface area (Å²) in [4.78, 5) is 0. The molecular formula is C15H28ClN3O. The first-order valence-electron chi connectivity index (χ1n) is 7.36. The number of hydrogen-bond donors (Lipinski definition) is 1. The van der Waals surface area contributed by atoms with Gasteiger partial charge in [-0.05, 0) is 32.2 Å². The summed E-state index contributed by atoms with van der Waals surface area (Å²) >= 11 is 6.35. The number of hydrogen-bond acceptors (Lipinski definition) is 3. The van der Waals surface area contributed by atoms with Gasteiger partial charge in [0.05, 0.1) is 11.8 Å². The van der Waals surface area contributed by atoms with E-state index in [-0.39, 0.29) is 12.1 Å². The van der Waals surface area contributed by atoms with Gasteiger partial charge in [0.15, 0.2) is 0 Å². The fourth-order valence-corrected chi connectivity index (χ4v) is 2.91. The lowest BCUT2D eigenvalue weighted by Gasteiger charge is -2.30. The van der Waals surface area contributed by atoms with Crippen molar-refractivity contribution >= 4 is 11.6 Å². The molecule has 116 valence electrons. The van der Waals surface area contributed by atoms with Gasteiger partial charge in [0.2, 0.25) is 0 Å². The van der Waals surface area contributed by atoms with E-state index in [1.807, 2.05) is 14.0 Å². The highest BCUT2D eigenvalue weighted by Gasteiger charge is 2.26. The van der Waals surface area contributed by atoms with Crippen molar-refractivity contribution < 1.29 is 4.74 Å². The third-order valence-corrected chi connectivity index (χ3v) is 4.15. The van der Waals surface area contributed by atoms with E-state index in [0.717, 1.165) is 35.8 Å². The van der Waals surface area contributed by atoms with E-state index in [9.17, 15) is 0 Å². The lowest BCUT2D eigenvalue weighted by atomic mass is 9.94. The smallest absolute Gasteiger partial charge is 0.130 e. The molecule has 5 heteroatoms. The fraction of sp³-hybridized carbons (Fsp3) is 0.800. The molecule has 0 aliphatic carbocycles. The molecule has 20 heavy (non-hydrogen) atoms. The predicted octanol–water partition coefficient (Wildman–Crippen LogP) is 2.96. The van der Waals surface area contributed by atoms with Crippen molar-refractivity contribution in [1.82, 2.24) is 15.1 Å². The van der Waals surface area contributed by atoms with E-state index in [0.29, 0.717) is 5.92 Å². The first-order chi connectivity index (χ1) is 9.42. The molecule has 1 heterocycles. The summed E-state index contributed by atoms with van der Waals surface area (Å²) in [5.41, 5.74) is 2.12. The van der Waals surface area contributed by atoms with Crippen LogP contribution < -0.4 is 5.32 Å². The summed E-state index contributed by atoms with van der Waals surface area (Å²) in [6, 6.07) is 0.250. The van der Waals surface area contributed by atoms with Crippen molar-refractivity contribution in [2.24, 2.45) is 13.0 Å². The minimum atomic E-state index is 0.164. The van der Waals surface area contributed by atoms with Crippen molar-refractivity contribution in [3.05, 3.63) is 16.4 Å². The molecule has 0 aromatic carbocycles. The normalized spacial score (nSPS) is 14.8. The average molecular weight is 302 g/mol. The van der Waals surface area contributed by atoms with E-state index in [1.54, 1.807) is 11.8 Å². The number of aryl methyl sites for hydroxylation is 2. The van der Waals surface area contributed by atoms with E-state index in [1.165, 1.54) is 0 Å². The number of ether oxygens (including phenoxy) is 1. The molecule has 4 nitrogen and oxygen atoms in total. The molecule has 0 saturated heterocycles. The van der Waals surface area contributed by atoms with E-state index in [2.05, 4.69) is 31.2 Å². The highest BCUT2D eigenvalue weighted by molar-refractivity contribution is 6.30. The third-order valence-electron chi connectivity index (χ3n) is 3.68. The molecule has 0 fully saturated rings. The Kier molecular flexibility index (Phi) is 7.00.